The summed E-state index contributed by atoms with van der Waals surface area (Å²) in [4.78, 5) is 25.3. The summed E-state index contributed by atoms with van der Waals surface area (Å²) in [7, 11) is 0. The first kappa shape index (κ1) is 16.0. The van der Waals surface area contributed by atoms with Gasteiger partial charge < -0.3 is 14.8 Å². The Morgan fingerprint density at radius 1 is 1.16 bits per heavy atom. The van der Waals surface area contributed by atoms with Gasteiger partial charge in [0.25, 0.3) is 5.91 Å². The molecule has 1 saturated carbocycles. The van der Waals surface area contributed by atoms with Crippen LogP contribution in [-0.4, -0.2) is 46.2 Å². The molecule has 2 aromatic heterocycles. The molecule has 1 saturated heterocycles. The van der Waals surface area contributed by atoms with Crippen LogP contribution in [0.4, 0.5) is 0 Å². The molecule has 0 radical (unpaired) electrons. The van der Waals surface area contributed by atoms with Crippen molar-refractivity contribution < 1.29 is 14.3 Å². The van der Waals surface area contributed by atoms with Crippen molar-refractivity contribution in [2.75, 3.05) is 13.2 Å². The minimum absolute atomic E-state index is 0.147. The highest BCUT2D eigenvalue weighted by Crippen LogP contribution is 2.37. The van der Waals surface area contributed by atoms with Gasteiger partial charge in [-0.25, -0.2) is 15.0 Å². The smallest absolute Gasteiger partial charge is 0.254 e. The zero-order chi connectivity index (χ0) is 17.1. The second-order valence-corrected chi connectivity index (χ2v) is 6.37. The van der Waals surface area contributed by atoms with Crippen molar-refractivity contribution in [3.05, 3.63) is 48.2 Å². The Morgan fingerprint density at radius 3 is 2.72 bits per heavy atom. The largest absolute Gasteiger partial charge is 0.470 e. The maximum atomic E-state index is 12.5. The monoisotopic (exact) mass is 340 g/mol. The van der Waals surface area contributed by atoms with Crippen LogP contribution >= 0.6 is 0 Å². The van der Waals surface area contributed by atoms with E-state index in [1.165, 1.54) is 0 Å². The SMILES string of the molecule is O=C(N[C@@H]1CCOC[C@H]1Oc1ccccn1)c1cnc(C2CC2)nc1. The van der Waals surface area contributed by atoms with Crippen LogP contribution in [0.5, 0.6) is 5.88 Å². The molecule has 2 aromatic rings. The van der Waals surface area contributed by atoms with Crippen molar-refractivity contribution in [3.8, 4) is 5.88 Å². The highest BCUT2D eigenvalue weighted by molar-refractivity contribution is 5.93. The lowest BCUT2D eigenvalue weighted by Gasteiger charge is -2.32. The molecule has 0 spiro atoms. The molecular weight excluding hydrogens is 320 g/mol. The lowest BCUT2D eigenvalue weighted by Crippen LogP contribution is -2.51. The third-order valence-electron chi connectivity index (χ3n) is 4.41. The van der Waals surface area contributed by atoms with E-state index in [1.54, 1.807) is 24.7 Å². The maximum absolute atomic E-state index is 12.5. The second kappa shape index (κ2) is 7.14. The van der Waals surface area contributed by atoms with Crippen molar-refractivity contribution in [3.63, 3.8) is 0 Å². The molecule has 3 heterocycles. The van der Waals surface area contributed by atoms with E-state index in [9.17, 15) is 4.79 Å². The molecule has 0 unspecified atom stereocenters. The number of ether oxygens (including phenoxy) is 2. The molecule has 4 rings (SSSR count). The number of carbonyl (C=O) groups excluding carboxylic acids is 1. The summed E-state index contributed by atoms with van der Waals surface area (Å²) in [5.41, 5.74) is 0.465. The van der Waals surface area contributed by atoms with E-state index in [1.807, 2.05) is 12.1 Å². The van der Waals surface area contributed by atoms with Gasteiger partial charge in [-0.15, -0.1) is 0 Å². The number of nitrogens with zero attached hydrogens (tertiary/aromatic N) is 3. The van der Waals surface area contributed by atoms with E-state index in [2.05, 4.69) is 20.3 Å². The van der Waals surface area contributed by atoms with E-state index in [4.69, 9.17) is 9.47 Å². The number of carbonyl (C=O) groups is 1. The van der Waals surface area contributed by atoms with Crippen LogP contribution < -0.4 is 10.1 Å². The Hall–Kier alpha value is -2.54. The third-order valence-corrected chi connectivity index (χ3v) is 4.41. The Kier molecular flexibility index (Phi) is 4.56. The van der Waals surface area contributed by atoms with Gasteiger partial charge in [-0.3, -0.25) is 4.79 Å². The molecule has 1 N–H and O–H groups in total. The zero-order valence-corrected chi connectivity index (χ0v) is 13.8. The summed E-state index contributed by atoms with van der Waals surface area (Å²) in [6.07, 6.45) is 7.56. The minimum Gasteiger partial charge on any atom is -0.470 e. The average molecular weight is 340 g/mol. The zero-order valence-electron chi connectivity index (χ0n) is 13.8. The molecule has 7 nitrogen and oxygen atoms in total. The predicted molar refractivity (Wildman–Crippen MR) is 89.4 cm³/mol. The van der Waals surface area contributed by atoms with E-state index >= 15 is 0 Å². The molecule has 0 aromatic carbocycles. The van der Waals surface area contributed by atoms with Gasteiger partial charge in [0.2, 0.25) is 5.88 Å². The van der Waals surface area contributed by atoms with E-state index in [0.717, 1.165) is 18.7 Å². The van der Waals surface area contributed by atoms with Crippen LogP contribution in [0.2, 0.25) is 0 Å². The maximum Gasteiger partial charge on any atom is 0.254 e. The Morgan fingerprint density at radius 2 is 2.00 bits per heavy atom. The number of hydrogen-bond acceptors (Lipinski definition) is 6. The number of nitrogens with one attached hydrogen (secondary N) is 1. The normalized spacial score (nSPS) is 23.0. The van der Waals surface area contributed by atoms with Crippen molar-refractivity contribution >= 4 is 5.91 Å². The van der Waals surface area contributed by atoms with E-state index in [0.29, 0.717) is 37.0 Å². The standard InChI is InChI=1S/C18H20N4O3/c23-18(13-9-20-17(21-10-13)12-4-5-12)22-14-6-8-24-11-15(14)25-16-3-1-2-7-19-16/h1-3,7,9-10,12,14-15H,4-6,8,11H2,(H,22,23)/t14-,15-/m1/s1. The lowest BCUT2D eigenvalue weighted by molar-refractivity contribution is -0.0153. The van der Waals surface area contributed by atoms with Crippen LogP contribution in [0.1, 0.15) is 41.4 Å². The number of amides is 1. The summed E-state index contributed by atoms with van der Waals surface area (Å²) >= 11 is 0. The van der Waals surface area contributed by atoms with Crippen LogP contribution in [0, 0.1) is 0 Å². The molecule has 2 fully saturated rings. The van der Waals surface area contributed by atoms with Gasteiger partial charge in [-0.2, -0.15) is 0 Å². The number of pyridine rings is 1. The summed E-state index contributed by atoms with van der Waals surface area (Å²) in [5.74, 6) is 1.64. The fourth-order valence-corrected chi connectivity index (χ4v) is 2.82. The molecular formula is C18H20N4O3. The van der Waals surface area contributed by atoms with Gasteiger partial charge in [0.1, 0.15) is 11.9 Å². The summed E-state index contributed by atoms with van der Waals surface area (Å²) in [5, 5.41) is 3.02. The Labute approximate surface area is 145 Å². The van der Waals surface area contributed by atoms with Crippen molar-refractivity contribution in [1.29, 1.82) is 0 Å². The van der Waals surface area contributed by atoms with Crippen LogP contribution in [0.3, 0.4) is 0 Å². The second-order valence-electron chi connectivity index (χ2n) is 6.37. The first-order chi connectivity index (χ1) is 12.3. The molecule has 2 aliphatic rings. The molecule has 0 bridgehead atoms. The molecule has 25 heavy (non-hydrogen) atoms. The van der Waals surface area contributed by atoms with Gasteiger partial charge in [0.15, 0.2) is 0 Å². The van der Waals surface area contributed by atoms with Gasteiger partial charge >= 0.3 is 0 Å². The Balaban J connectivity index is 1.40. The van der Waals surface area contributed by atoms with Crippen LogP contribution in [-0.2, 0) is 4.74 Å². The van der Waals surface area contributed by atoms with Crippen molar-refractivity contribution in [2.45, 2.75) is 37.3 Å². The lowest BCUT2D eigenvalue weighted by atomic mass is 10.1. The Bertz CT molecular complexity index is 719. The first-order valence-corrected chi connectivity index (χ1v) is 8.58. The summed E-state index contributed by atoms with van der Waals surface area (Å²) < 4.78 is 11.4. The van der Waals surface area contributed by atoms with Gasteiger partial charge in [-0.1, -0.05) is 6.07 Å². The topological polar surface area (TPSA) is 86.2 Å². The molecule has 1 aliphatic carbocycles. The van der Waals surface area contributed by atoms with Crippen LogP contribution in [0.15, 0.2) is 36.8 Å². The van der Waals surface area contributed by atoms with Gasteiger partial charge in [0, 0.05) is 37.2 Å². The minimum atomic E-state index is -0.278. The first-order valence-electron chi connectivity index (χ1n) is 8.58. The van der Waals surface area contributed by atoms with Gasteiger partial charge in [-0.05, 0) is 25.3 Å². The molecule has 1 aliphatic heterocycles. The fraction of sp³-hybridized carbons (Fsp3) is 0.444. The quantitative estimate of drug-likeness (QED) is 0.892. The highest BCUT2D eigenvalue weighted by Gasteiger charge is 2.30. The van der Waals surface area contributed by atoms with E-state index < -0.39 is 0 Å². The number of hydrogen-bond donors (Lipinski definition) is 1. The highest BCUT2D eigenvalue weighted by atomic mass is 16.5. The predicted octanol–water partition coefficient (Wildman–Crippen LogP) is 1.72. The summed E-state index contributed by atoms with van der Waals surface area (Å²) in [6.45, 7) is 1.00. The van der Waals surface area contributed by atoms with Gasteiger partial charge in [0.05, 0.1) is 18.2 Å². The molecule has 1 amide bonds. The van der Waals surface area contributed by atoms with Crippen LogP contribution in [0.25, 0.3) is 0 Å². The third kappa shape index (κ3) is 3.93. The van der Waals surface area contributed by atoms with Crippen molar-refractivity contribution in [2.24, 2.45) is 0 Å². The number of aromatic nitrogens is 3. The summed E-state index contributed by atoms with van der Waals surface area (Å²) in [6, 6.07) is 5.33. The molecule has 130 valence electrons. The molecule has 2 atom stereocenters. The number of rotatable bonds is 5. The van der Waals surface area contributed by atoms with E-state index in [-0.39, 0.29) is 18.1 Å². The molecule has 7 heteroatoms. The fourth-order valence-electron chi connectivity index (χ4n) is 2.82. The van der Waals surface area contributed by atoms with Crippen molar-refractivity contribution in [1.82, 2.24) is 20.3 Å². The average Bonchev–Trinajstić information content (AvgIpc) is 3.50.